The number of hydrogen-bond acceptors (Lipinski definition) is 3. The molecule has 0 aromatic carbocycles. The maximum absolute atomic E-state index is 12.2. The monoisotopic (exact) mass is 228 g/mol. The van der Waals surface area contributed by atoms with Crippen LogP contribution in [0, 0.1) is 0 Å². The second-order valence-electron chi connectivity index (χ2n) is 3.16. The van der Waals surface area contributed by atoms with Crippen LogP contribution in [-0.2, 0) is 6.42 Å². The van der Waals surface area contributed by atoms with Crippen molar-refractivity contribution in [2.75, 3.05) is 0 Å². The molecule has 0 aliphatic heterocycles. The van der Waals surface area contributed by atoms with Crippen LogP contribution in [0.5, 0.6) is 0 Å². The van der Waals surface area contributed by atoms with Crippen molar-refractivity contribution in [3.05, 3.63) is 30.4 Å². The Kier molecular flexibility index (Phi) is 2.59. The predicted octanol–water partition coefficient (Wildman–Crippen LogP) is 1.97. The van der Waals surface area contributed by atoms with E-state index in [0.29, 0.717) is 5.69 Å². The van der Waals surface area contributed by atoms with Crippen molar-refractivity contribution in [3.8, 4) is 11.4 Å². The number of H-pyrrole nitrogens is 1. The first-order valence-electron chi connectivity index (χ1n) is 4.41. The first-order valence-corrected chi connectivity index (χ1v) is 4.41. The van der Waals surface area contributed by atoms with Crippen molar-refractivity contribution >= 4 is 0 Å². The summed E-state index contributed by atoms with van der Waals surface area (Å²) in [5, 5.41) is 6.10. The SMILES string of the molecule is FC(F)(F)Cc1cn[nH]c1-c1ccncn1. The van der Waals surface area contributed by atoms with E-state index in [4.69, 9.17) is 0 Å². The molecule has 7 heteroatoms. The third kappa shape index (κ3) is 2.36. The van der Waals surface area contributed by atoms with Crippen molar-refractivity contribution in [2.24, 2.45) is 0 Å². The fourth-order valence-electron chi connectivity index (χ4n) is 1.32. The lowest BCUT2D eigenvalue weighted by Gasteiger charge is -2.05. The maximum atomic E-state index is 12.2. The van der Waals surface area contributed by atoms with Crippen LogP contribution in [0.15, 0.2) is 24.8 Å². The molecule has 0 spiro atoms. The van der Waals surface area contributed by atoms with Gasteiger partial charge in [0.15, 0.2) is 0 Å². The van der Waals surface area contributed by atoms with E-state index in [2.05, 4.69) is 20.2 Å². The van der Waals surface area contributed by atoms with Crippen molar-refractivity contribution in [1.82, 2.24) is 20.2 Å². The molecule has 0 aliphatic carbocycles. The average Bonchev–Trinajstić information content (AvgIpc) is 2.64. The van der Waals surface area contributed by atoms with Crippen LogP contribution in [0.4, 0.5) is 13.2 Å². The number of alkyl halides is 3. The summed E-state index contributed by atoms with van der Waals surface area (Å²) in [4.78, 5) is 7.55. The topological polar surface area (TPSA) is 54.5 Å². The highest BCUT2D eigenvalue weighted by molar-refractivity contribution is 5.57. The zero-order valence-electron chi connectivity index (χ0n) is 7.99. The highest BCUT2D eigenvalue weighted by Crippen LogP contribution is 2.26. The molecule has 2 heterocycles. The minimum Gasteiger partial charge on any atom is -0.276 e. The minimum atomic E-state index is -4.26. The first-order chi connectivity index (χ1) is 7.56. The highest BCUT2D eigenvalue weighted by Gasteiger charge is 2.30. The first kappa shape index (κ1) is 10.6. The van der Waals surface area contributed by atoms with Crippen molar-refractivity contribution in [3.63, 3.8) is 0 Å². The van der Waals surface area contributed by atoms with Gasteiger partial charge in [-0.1, -0.05) is 0 Å². The summed E-state index contributed by atoms with van der Waals surface area (Å²) >= 11 is 0. The summed E-state index contributed by atoms with van der Waals surface area (Å²) in [5.41, 5.74) is 0.748. The van der Waals surface area contributed by atoms with Gasteiger partial charge in [-0.2, -0.15) is 18.3 Å². The van der Waals surface area contributed by atoms with Gasteiger partial charge in [0.2, 0.25) is 0 Å². The Morgan fingerprint density at radius 2 is 2.12 bits per heavy atom. The molecule has 2 aromatic heterocycles. The van der Waals surface area contributed by atoms with Gasteiger partial charge in [0.05, 0.1) is 24.0 Å². The number of nitrogens with one attached hydrogen (secondary N) is 1. The Morgan fingerprint density at radius 3 is 2.75 bits per heavy atom. The lowest BCUT2D eigenvalue weighted by atomic mass is 10.1. The van der Waals surface area contributed by atoms with Gasteiger partial charge >= 0.3 is 6.18 Å². The van der Waals surface area contributed by atoms with Crippen molar-refractivity contribution < 1.29 is 13.2 Å². The second-order valence-corrected chi connectivity index (χ2v) is 3.16. The smallest absolute Gasteiger partial charge is 0.276 e. The molecule has 0 radical (unpaired) electrons. The standard InChI is InChI=1S/C9H7F3N4/c10-9(11,12)3-6-4-15-16-8(6)7-1-2-13-5-14-7/h1-2,4-5H,3H2,(H,15,16). The number of aromatic nitrogens is 4. The largest absolute Gasteiger partial charge is 0.393 e. The normalized spacial score (nSPS) is 11.7. The van der Waals surface area contributed by atoms with E-state index >= 15 is 0 Å². The lowest BCUT2D eigenvalue weighted by Crippen LogP contribution is -2.11. The molecule has 0 bridgehead atoms. The number of aromatic amines is 1. The van der Waals surface area contributed by atoms with Gasteiger partial charge in [-0.05, 0) is 6.07 Å². The zero-order chi connectivity index (χ0) is 11.6. The van der Waals surface area contributed by atoms with Gasteiger partial charge in [-0.25, -0.2) is 9.97 Å². The summed E-state index contributed by atoms with van der Waals surface area (Å²) in [5.74, 6) is 0. The summed E-state index contributed by atoms with van der Waals surface area (Å²) < 4.78 is 36.7. The Balaban J connectivity index is 2.33. The zero-order valence-corrected chi connectivity index (χ0v) is 7.99. The van der Waals surface area contributed by atoms with Crippen molar-refractivity contribution in [1.29, 1.82) is 0 Å². The third-order valence-electron chi connectivity index (χ3n) is 1.95. The van der Waals surface area contributed by atoms with E-state index in [0.717, 1.165) is 6.20 Å². The van der Waals surface area contributed by atoms with E-state index in [1.54, 1.807) is 0 Å². The summed E-state index contributed by atoms with van der Waals surface area (Å²) in [6, 6.07) is 1.52. The molecule has 0 atom stereocenters. The van der Waals surface area contributed by atoms with E-state index in [9.17, 15) is 13.2 Å². The fourth-order valence-corrected chi connectivity index (χ4v) is 1.32. The molecule has 0 aliphatic rings. The molecule has 1 N–H and O–H groups in total. The molecule has 0 amide bonds. The Morgan fingerprint density at radius 1 is 1.31 bits per heavy atom. The van der Waals surface area contributed by atoms with Gasteiger partial charge in [0, 0.05) is 11.8 Å². The molecule has 2 aromatic rings. The van der Waals surface area contributed by atoms with Gasteiger partial charge in [-0.3, -0.25) is 5.10 Å². The molecule has 0 fully saturated rings. The second kappa shape index (κ2) is 3.92. The molecule has 0 unspecified atom stereocenters. The van der Waals surface area contributed by atoms with Crippen LogP contribution in [0.25, 0.3) is 11.4 Å². The quantitative estimate of drug-likeness (QED) is 0.854. The average molecular weight is 228 g/mol. The molecule has 0 saturated carbocycles. The van der Waals surface area contributed by atoms with Crippen LogP contribution >= 0.6 is 0 Å². The van der Waals surface area contributed by atoms with Crippen LogP contribution in [0.1, 0.15) is 5.56 Å². The van der Waals surface area contributed by atoms with Crippen molar-refractivity contribution in [2.45, 2.75) is 12.6 Å². The van der Waals surface area contributed by atoms with Crippen LogP contribution in [0.2, 0.25) is 0 Å². The Bertz CT molecular complexity index is 463. The summed E-state index contributed by atoms with van der Waals surface area (Å²) in [6.45, 7) is 0. The predicted molar refractivity (Wildman–Crippen MR) is 49.4 cm³/mol. The van der Waals surface area contributed by atoms with Crippen LogP contribution in [0.3, 0.4) is 0 Å². The molecule has 2 rings (SSSR count). The number of nitrogens with zero attached hydrogens (tertiary/aromatic N) is 3. The molecule has 4 nitrogen and oxygen atoms in total. The summed E-state index contributed by atoms with van der Waals surface area (Å²) in [6.07, 6.45) is -1.40. The molecule has 16 heavy (non-hydrogen) atoms. The van der Waals surface area contributed by atoms with E-state index < -0.39 is 12.6 Å². The number of halogens is 3. The summed E-state index contributed by atoms with van der Waals surface area (Å²) in [7, 11) is 0. The minimum absolute atomic E-state index is 0.0752. The maximum Gasteiger partial charge on any atom is 0.393 e. The number of rotatable bonds is 2. The van der Waals surface area contributed by atoms with E-state index in [-0.39, 0.29) is 11.3 Å². The third-order valence-corrected chi connectivity index (χ3v) is 1.95. The van der Waals surface area contributed by atoms with E-state index in [1.807, 2.05) is 0 Å². The van der Waals surface area contributed by atoms with Gasteiger partial charge in [0.1, 0.15) is 6.33 Å². The van der Waals surface area contributed by atoms with E-state index in [1.165, 1.54) is 18.6 Å². The molecule has 84 valence electrons. The fraction of sp³-hybridized carbons (Fsp3) is 0.222. The molecule has 0 saturated heterocycles. The Labute approximate surface area is 88.6 Å². The van der Waals surface area contributed by atoms with Crippen LogP contribution < -0.4 is 0 Å². The molecular formula is C9H7F3N4. The van der Waals surface area contributed by atoms with Gasteiger partial charge in [0.25, 0.3) is 0 Å². The lowest BCUT2D eigenvalue weighted by molar-refractivity contribution is -0.127. The highest BCUT2D eigenvalue weighted by atomic mass is 19.4. The van der Waals surface area contributed by atoms with Gasteiger partial charge < -0.3 is 0 Å². The van der Waals surface area contributed by atoms with Crippen LogP contribution in [-0.4, -0.2) is 26.3 Å². The number of hydrogen-bond donors (Lipinski definition) is 1. The Hall–Kier alpha value is -1.92. The molecular weight excluding hydrogens is 221 g/mol. The van der Waals surface area contributed by atoms with Gasteiger partial charge in [-0.15, -0.1) is 0 Å².